The number of rotatable bonds is 10. The number of nitrogens with zero attached hydrogens (tertiary/aromatic N) is 1. The lowest BCUT2D eigenvalue weighted by Gasteiger charge is -2.36. The van der Waals surface area contributed by atoms with Crippen LogP contribution in [-0.4, -0.2) is 58.8 Å². The van der Waals surface area contributed by atoms with Crippen LogP contribution >= 0.6 is 0 Å². The zero-order chi connectivity index (χ0) is 26.1. The number of nitrogens with one attached hydrogen (secondary N) is 2. The number of carbonyl (C=O) groups is 3. The smallest absolute Gasteiger partial charge is 0.408 e. The zero-order valence-corrected chi connectivity index (χ0v) is 21.3. The van der Waals surface area contributed by atoms with Crippen LogP contribution in [0.5, 0.6) is 0 Å². The Morgan fingerprint density at radius 2 is 1.76 bits per heavy atom. The van der Waals surface area contributed by atoms with Crippen LogP contribution in [0, 0.1) is 18.3 Å². The number of aliphatic hydroxyl groups is 1. The summed E-state index contributed by atoms with van der Waals surface area (Å²) in [7, 11) is 0. The SMILES string of the molecule is C#Cc1ccccc1C(C(=O)NC(C)C)N(CCO)C(=O)C(NC(=O)OC(C)(C)C)C(C)CC. The minimum absolute atomic E-state index is 0.128. The van der Waals surface area contributed by atoms with E-state index in [1.54, 1.807) is 45.0 Å². The largest absolute Gasteiger partial charge is 0.444 e. The highest BCUT2D eigenvalue weighted by Crippen LogP contribution is 2.27. The average Bonchev–Trinajstić information content (AvgIpc) is 2.74. The first kappa shape index (κ1) is 29.0. The van der Waals surface area contributed by atoms with E-state index in [-0.39, 0.29) is 25.1 Å². The van der Waals surface area contributed by atoms with Crippen molar-refractivity contribution in [3.8, 4) is 12.3 Å². The van der Waals surface area contributed by atoms with Gasteiger partial charge in [-0.05, 0) is 52.2 Å². The molecule has 3 N–H and O–H groups in total. The van der Waals surface area contributed by atoms with E-state index < -0.39 is 35.6 Å². The second-order valence-electron chi connectivity index (χ2n) is 9.56. The molecule has 3 amide bonds. The molecule has 1 aromatic carbocycles. The van der Waals surface area contributed by atoms with Crippen molar-refractivity contribution < 1.29 is 24.2 Å². The van der Waals surface area contributed by atoms with Gasteiger partial charge in [-0.15, -0.1) is 6.42 Å². The molecule has 8 nitrogen and oxygen atoms in total. The monoisotopic (exact) mass is 473 g/mol. The van der Waals surface area contributed by atoms with Crippen molar-refractivity contribution in [2.45, 2.75) is 78.6 Å². The fraction of sp³-hybridized carbons (Fsp3) is 0.577. The molecule has 1 rings (SSSR count). The lowest BCUT2D eigenvalue weighted by molar-refractivity contribution is -0.144. The van der Waals surface area contributed by atoms with Crippen LogP contribution in [0.15, 0.2) is 24.3 Å². The van der Waals surface area contributed by atoms with E-state index in [0.717, 1.165) is 0 Å². The number of benzene rings is 1. The Kier molecular flexibility index (Phi) is 11.1. The van der Waals surface area contributed by atoms with Gasteiger partial charge in [0.05, 0.1) is 6.61 Å². The summed E-state index contributed by atoms with van der Waals surface area (Å²) in [6.07, 6.45) is 5.54. The summed E-state index contributed by atoms with van der Waals surface area (Å²) in [4.78, 5) is 41.0. The lowest BCUT2D eigenvalue weighted by atomic mass is 9.94. The summed E-state index contributed by atoms with van der Waals surface area (Å²) >= 11 is 0. The minimum Gasteiger partial charge on any atom is -0.444 e. The molecule has 0 heterocycles. The summed E-state index contributed by atoms with van der Waals surface area (Å²) in [5.41, 5.74) is 0.177. The van der Waals surface area contributed by atoms with Gasteiger partial charge in [-0.2, -0.15) is 0 Å². The number of aliphatic hydroxyl groups excluding tert-OH is 1. The Morgan fingerprint density at radius 1 is 1.15 bits per heavy atom. The highest BCUT2D eigenvalue weighted by atomic mass is 16.6. The van der Waals surface area contributed by atoms with Gasteiger partial charge in [-0.25, -0.2) is 4.79 Å². The average molecular weight is 474 g/mol. The first-order valence-electron chi connectivity index (χ1n) is 11.6. The molecule has 8 heteroatoms. The van der Waals surface area contributed by atoms with Crippen LogP contribution in [0.4, 0.5) is 4.79 Å². The van der Waals surface area contributed by atoms with E-state index in [1.165, 1.54) is 4.90 Å². The number of alkyl carbamates (subject to hydrolysis) is 1. The van der Waals surface area contributed by atoms with Crippen molar-refractivity contribution >= 4 is 17.9 Å². The third-order valence-electron chi connectivity index (χ3n) is 5.18. The molecule has 0 saturated carbocycles. The number of hydrogen-bond acceptors (Lipinski definition) is 5. The first-order chi connectivity index (χ1) is 15.9. The zero-order valence-electron chi connectivity index (χ0n) is 21.3. The molecule has 188 valence electrons. The number of ether oxygens (including phenoxy) is 1. The van der Waals surface area contributed by atoms with Gasteiger partial charge in [-0.1, -0.05) is 44.4 Å². The molecule has 1 aromatic rings. The standard InChI is InChI=1S/C26H39N3O5/c1-9-18(5)21(28-25(33)34-26(6,7)8)24(32)29(15-16-30)22(23(31)27-17(3)4)20-14-12-11-13-19(20)10-2/h2,11-14,17-18,21-22,30H,9,15-16H2,1,3-8H3,(H,27,31)(H,28,33). The minimum atomic E-state index is -1.10. The van der Waals surface area contributed by atoms with E-state index in [0.29, 0.717) is 17.5 Å². The van der Waals surface area contributed by atoms with Crippen molar-refractivity contribution in [3.05, 3.63) is 35.4 Å². The number of hydrogen-bond donors (Lipinski definition) is 3. The third-order valence-corrected chi connectivity index (χ3v) is 5.18. The van der Waals surface area contributed by atoms with E-state index in [1.807, 2.05) is 27.7 Å². The molecule has 34 heavy (non-hydrogen) atoms. The second-order valence-corrected chi connectivity index (χ2v) is 9.56. The molecule has 0 fully saturated rings. The second kappa shape index (κ2) is 13.0. The van der Waals surface area contributed by atoms with Crippen molar-refractivity contribution in [2.75, 3.05) is 13.2 Å². The van der Waals surface area contributed by atoms with Gasteiger partial charge in [0, 0.05) is 18.2 Å². The Balaban J connectivity index is 3.53. The van der Waals surface area contributed by atoms with Gasteiger partial charge < -0.3 is 25.4 Å². The van der Waals surface area contributed by atoms with Gasteiger partial charge in [0.15, 0.2) is 0 Å². The van der Waals surface area contributed by atoms with Crippen LogP contribution in [0.25, 0.3) is 0 Å². The molecule has 3 atom stereocenters. The molecule has 0 aliphatic carbocycles. The summed E-state index contributed by atoms with van der Waals surface area (Å²) in [5.74, 6) is 1.37. The number of terminal acetylenes is 1. The predicted molar refractivity (Wildman–Crippen MR) is 132 cm³/mol. The fourth-order valence-corrected chi connectivity index (χ4v) is 3.45. The summed E-state index contributed by atoms with van der Waals surface area (Å²) in [6, 6.07) is 4.61. The quantitative estimate of drug-likeness (QED) is 0.453. The van der Waals surface area contributed by atoms with Gasteiger partial charge in [-0.3, -0.25) is 9.59 Å². The van der Waals surface area contributed by atoms with Gasteiger partial charge in [0.1, 0.15) is 17.7 Å². The van der Waals surface area contributed by atoms with Crippen molar-refractivity contribution in [1.29, 1.82) is 0 Å². The van der Waals surface area contributed by atoms with E-state index in [4.69, 9.17) is 11.2 Å². The fourth-order valence-electron chi connectivity index (χ4n) is 3.45. The predicted octanol–water partition coefficient (Wildman–Crippen LogP) is 2.99. The molecule has 0 spiro atoms. The third kappa shape index (κ3) is 8.38. The number of carbonyl (C=O) groups excluding carboxylic acids is 3. The lowest BCUT2D eigenvalue weighted by Crippen LogP contribution is -2.56. The van der Waals surface area contributed by atoms with Crippen LogP contribution in [0.2, 0.25) is 0 Å². The summed E-state index contributed by atoms with van der Waals surface area (Å²) < 4.78 is 5.36. The molecule has 0 bridgehead atoms. The molecule has 0 radical (unpaired) electrons. The van der Waals surface area contributed by atoms with E-state index in [2.05, 4.69) is 16.6 Å². The maximum atomic E-state index is 13.9. The van der Waals surface area contributed by atoms with E-state index in [9.17, 15) is 19.5 Å². The molecule has 0 aliphatic heterocycles. The van der Waals surface area contributed by atoms with Crippen molar-refractivity contribution in [3.63, 3.8) is 0 Å². The maximum Gasteiger partial charge on any atom is 0.408 e. The molecular formula is C26H39N3O5. The van der Waals surface area contributed by atoms with Crippen LogP contribution in [0.1, 0.15) is 72.1 Å². The van der Waals surface area contributed by atoms with Crippen LogP contribution in [-0.2, 0) is 14.3 Å². The Morgan fingerprint density at radius 3 is 2.26 bits per heavy atom. The summed E-state index contributed by atoms with van der Waals surface area (Å²) in [5, 5.41) is 15.3. The Hall–Kier alpha value is -3.05. The number of amides is 3. The van der Waals surface area contributed by atoms with Gasteiger partial charge in [0.2, 0.25) is 11.8 Å². The van der Waals surface area contributed by atoms with Crippen molar-refractivity contribution in [2.24, 2.45) is 5.92 Å². The maximum absolute atomic E-state index is 13.9. The van der Waals surface area contributed by atoms with Crippen LogP contribution < -0.4 is 10.6 Å². The van der Waals surface area contributed by atoms with E-state index >= 15 is 0 Å². The highest BCUT2D eigenvalue weighted by Gasteiger charge is 2.38. The Labute approximate surface area is 203 Å². The van der Waals surface area contributed by atoms with Crippen molar-refractivity contribution in [1.82, 2.24) is 15.5 Å². The molecule has 0 aliphatic rings. The molecule has 0 aromatic heterocycles. The molecule has 3 unspecified atom stereocenters. The molecular weight excluding hydrogens is 434 g/mol. The normalized spacial score (nSPS) is 13.9. The van der Waals surface area contributed by atoms with Gasteiger partial charge in [0.25, 0.3) is 0 Å². The van der Waals surface area contributed by atoms with Crippen LogP contribution in [0.3, 0.4) is 0 Å². The van der Waals surface area contributed by atoms with Gasteiger partial charge >= 0.3 is 6.09 Å². The topological polar surface area (TPSA) is 108 Å². The molecule has 0 saturated heterocycles. The first-order valence-corrected chi connectivity index (χ1v) is 11.6. The summed E-state index contributed by atoms with van der Waals surface area (Å²) in [6.45, 7) is 12.0. The highest BCUT2D eigenvalue weighted by molar-refractivity contribution is 5.92. The Bertz CT molecular complexity index is 885.